The Balaban J connectivity index is 1.60. The molecule has 2 unspecified atom stereocenters. The predicted octanol–water partition coefficient (Wildman–Crippen LogP) is 3.60. The van der Waals surface area contributed by atoms with E-state index in [1.807, 2.05) is 19.1 Å². The Hall–Kier alpha value is -1.15. The van der Waals surface area contributed by atoms with Gasteiger partial charge in [0, 0.05) is 18.5 Å². The average Bonchev–Trinajstić information content (AvgIpc) is 3.09. The third-order valence-electron chi connectivity index (χ3n) is 5.26. The number of ketones is 1. The first-order valence-corrected chi connectivity index (χ1v) is 8.04. The van der Waals surface area contributed by atoms with Gasteiger partial charge in [0.05, 0.1) is 0 Å². The Morgan fingerprint density at radius 2 is 2.10 bits per heavy atom. The first-order chi connectivity index (χ1) is 9.71. The van der Waals surface area contributed by atoms with E-state index in [1.165, 1.54) is 50.8 Å². The first kappa shape index (κ1) is 13.8. The fourth-order valence-corrected chi connectivity index (χ4v) is 4.05. The van der Waals surface area contributed by atoms with E-state index >= 15 is 0 Å². The van der Waals surface area contributed by atoms with Crippen molar-refractivity contribution < 1.29 is 4.79 Å². The van der Waals surface area contributed by atoms with Crippen LogP contribution in [0.1, 0.15) is 54.9 Å². The summed E-state index contributed by atoms with van der Waals surface area (Å²) in [7, 11) is 0. The maximum atomic E-state index is 11.6. The average molecular weight is 271 g/mol. The van der Waals surface area contributed by atoms with Crippen LogP contribution in [0, 0.1) is 11.3 Å². The van der Waals surface area contributed by atoms with E-state index in [4.69, 9.17) is 0 Å². The van der Waals surface area contributed by atoms with Crippen molar-refractivity contribution in [3.05, 3.63) is 35.4 Å². The SMILES string of the molecule is CCC(=O)c1ccc(CC2CCC3(CCNC3)C2)cc1. The second-order valence-corrected chi connectivity index (χ2v) is 6.71. The molecule has 1 saturated heterocycles. The molecule has 0 amide bonds. The van der Waals surface area contributed by atoms with Gasteiger partial charge >= 0.3 is 0 Å². The standard InChI is InChI=1S/C18H25NO/c1-2-17(20)16-5-3-14(4-6-16)11-15-7-8-18(12-15)9-10-19-13-18/h3-6,15,19H,2,7-13H2,1H3. The largest absolute Gasteiger partial charge is 0.316 e. The first-order valence-electron chi connectivity index (χ1n) is 8.04. The van der Waals surface area contributed by atoms with Crippen molar-refractivity contribution in [1.29, 1.82) is 0 Å². The molecule has 1 aliphatic heterocycles. The van der Waals surface area contributed by atoms with Crippen LogP contribution in [-0.4, -0.2) is 18.9 Å². The molecule has 1 aliphatic carbocycles. The molecule has 2 nitrogen and oxygen atoms in total. The number of carbonyl (C=O) groups is 1. The molecule has 1 aromatic carbocycles. The van der Waals surface area contributed by atoms with Gasteiger partial charge in [-0.15, -0.1) is 0 Å². The Kier molecular flexibility index (Phi) is 3.93. The van der Waals surface area contributed by atoms with Gasteiger partial charge in [0.25, 0.3) is 0 Å². The van der Waals surface area contributed by atoms with E-state index in [0.29, 0.717) is 11.8 Å². The number of Topliss-reactive ketones (excluding diaryl/α,β-unsaturated/α-hetero) is 1. The van der Waals surface area contributed by atoms with Crippen molar-refractivity contribution in [2.75, 3.05) is 13.1 Å². The molecule has 2 aliphatic rings. The minimum absolute atomic E-state index is 0.244. The topological polar surface area (TPSA) is 29.1 Å². The highest BCUT2D eigenvalue weighted by Crippen LogP contribution is 2.46. The molecule has 0 aromatic heterocycles. The Labute approximate surface area is 122 Å². The highest BCUT2D eigenvalue weighted by Gasteiger charge is 2.40. The van der Waals surface area contributed by atoms with Crippen molar-refractivity contribution in [1.82, 2.24) is 5.32 Å². The summed E-state index contributed by atoms with van der Waals surface area (Å²) in [5.41, 5.74) is 2.87. The van der Waals surface area contributed by atoms with Crippen LogP contribution in [0.5, 0.6) is 0 Å². The molecule has 1 saturated carbocycles. The summed E-state index contributed by atoms with van der Waals surface area (Å²) in [5.74, 6) is 1.08. The fraction of sp³-hybridized carbons (Fsp3) is 0.611. The van der Waals surface area contributed by atoms with E-state index in [2.05, 4.69) is 17.4 Å². The molecular weight excluding hydrogens is 246 g/mol. The van der Waals surface area contributed by atoms with Crippen molar-refractivity contribution in [3.63, 3.8) is 0 Å². The molecule has 108 valence electrons. The number of hydrogen-bond acceptors (Lipinski definition) is 2. The van der Waals surface area contributed by atoms with Gasteiger partial charge in [0.2, 0.25) is 0 Å². The van der Waals surface area contributed by atoms with Crippen LogP contribution in [-0.2, 0) is 6.42 Å². The van der Waals surface area contributed by atoms with Gasteiger partial charge in [-0.1, -0.05) is 31.2 Å². The molecule has 1 N–H and O–H groups in total. The zero-order valence-electron chi connectivity index (χ0n) is 12.5. The zero-order valence-corrected chi connectivity index (χ0v) is 12.5. The smallest absolute Gasteiger partial charge is 0.162 e. The molecule has 2 heteroatoms. The number of rotatable bonds is 4. The van der Waals surface area contributed by atoms with Crippen LogP contribution >= 0.6 is 0 Å². The molecular formula is C18H25NO. The molecule has 20 heavy (non-hydrogen) atoms. The highest BCUT2D eigenvalue weighted by molar-refractivity contribution is 5.95. The fourth-order valence-electron chi connectivity index (χ4n) is 4.05. The number of hydrogen-bond donors (Lipinski definition) is 1. The normalized spacial score (nSPS) is 29.1. The minimum Gasteiger partial charge on any atom is -0.316 e. The molecule has 1 spiro atoms. The van der Waals surface area contributed by atoms with Crippen molar-refractivity contribution in [2.24, 2.45) is 11.3 Å². The number of benzene rings is 1. The second kappa shape index (κ2) is 5.69. The Morgan fingerprint density at radius 3 is 2.75 bits per heavy atom. The summed E-state index contributed by atoms with van der Waals surface area (Å²) < 4.78 is 0. The van der Waals surface area contributed by atoms with Crippen LogP contribution in [0.25, 0.3) is 0 Å². The highest BCUT2D eigenvalue weighted by atomic mass is 16.1. The summed E-state index contributed by atoms with van der Waals surface area (Å²) in [6.07, 6.45) is 7.30. The van der Waals surface area contributed by atoms with Crippen LogP contribution in [0.2, 0.25) is 0 Å². The van der Waals surface area contributed by atoms with E-state index in [0.717, 1.165) is 11.5 Å². The van der Waals surface area contributed by atoms with E-state index in [-0.39, 0.29) is 5.78 Å². The van der Waals surface area contributed by atoms with Gasteiger partial charge in [-0.25, -0.2) is 0 Å². The third kappa shape index (κ3) is 2.80. The summed E-state index contributed by atoms with van der Waals surface area (Å²) in [4.78, 5) is 11.6. The summed E-state index contributed by atoms with van der Waals surface area (Å²) in [6, 6.07) is 8.31. The van der Waals surface area contributed by atoms with Gasteiger partial charge < -0.3 is 5.32 Å². The summed E-state index contributed by atoms with van der Waals surface area (Å²) >= 11 is 0. The van der Waals surface area contributed by atoms with Crippen LogP contribution in [0.4, 0.5) is 0 Å². The van der Waals surface area contributed by atoms with Crippen molar-refractivity contribution >= 4 is 5.78 Å². The summed E-state index contributed by atoms with van der Waals surface area (Å²) in [6.45, 7) is 4.36. The molecule has 2 fully saturated rings. The maximum absolute atomic E-state index is 11.6. The lowest BCUT2D eigenvalue weighted by Crippen LogP contribution is -2.20. The van der Waals surface area contributed by atoms with Crippen LogP contribution in [0.15, 0.2) is 24.3 Å². The number of nitrogens with one attached hydrogen (secondary N) is 1. The van der Waals surface area contributed by atoms with Gasteiger partial charge in [0.1, 0.15) is 0 Å². The zero-order chi connectivity index (χ0) is 14.0. The van der Waals surface area contributed by atoms with Crippen LogP contribution < -0.4 is 5.32 Å². The van der Waals surface area contributed by atoms with Gasteiger partial charge in [-0.05, 0) is 55.5 Å². The minimum atomic E-state index is 0.244. The van der Waals surface area contributed by atoms with Crippen molar-refractivity contribution in [3.8, 4) is 0 Å². The molecule has 0 radical (unpaired) electrons. The molecule has 2 atom stereocenters. The number of carbonyl (C=O) groups excluding carboxylic acids is 1. The summed E-state index contributed by atoms with van der Waals surface area (Å²) in [5, 5.41) is 3.53. The second-order valence-electron chi connectivity index (χ2n) is 6.71. The van der Waals surface area contributed by atoms with E-state index in [9.17, 15) is 4.79 Å². The van der Waals surface area contributed by atoms with E-state index in [1.54, 1.807) is 0 Å². The maximum Gasteiger partial charge on any atom is 0.162 e. The monoisotopic (exact) mass is 271 g/mol. The molecule has 1 heterocycles. The van der Waals surface area contributed by atoms with Gasteiger partial charge in [-0.3, -0.25) is 4.79 Å². The van der Waals surface area contributed by atoms with Gasteiger partial charge in [-0.2, -0.15) is 0 Å². The lowest BCUT2D eigenvalue weighted by Gasteiger charge is -2.21. The molecule has 1 aromatic rings. The molecule has 3 rings (SSSR count). The Bertz CT molecular complexity index is 471. The van der Waals surface area contributed by atoms with Crippen LogP contribution in [0.3, 0.4) is 0 Å². The lowest BCUT2D eigenvalue weighted by atomic mass is 9.84. The predicted molar refractivity (Wildman–Crippen MR) is 82.0 cm³/mol. The Morgan fingerprint density at radius 1 is 1.30 bits per heavy atom. The van der Waals surface area contributed by atoms with Gasteiger partial charge in [0.15, 0.2) is 5.78 Å². The third-order valence-corrected chi connectivity index (χ3v) is 5.26. The lowest BCUT2D eigenvalue weighted by molar-refractivity contribution is 0.0988. The van der Waals surface area contributed by atoms with E-state index < -0.39 is 0 Å². The van der Waals surface area contributed by atoms with Crippen molar-refractivity contribution in [2.45, 2.75) is 45.4 Å². The molecule has 0 bridgehead atoms. The quantitative estimate of drug-likeness (QED) is 0.848.